The maximum Gasteiger partial charge on any atom is 0.227 e. The van der Waals surface area contributed by atoms with Gasteiger partial charge in [0.05, 0.1) is 5.69 Å². The van der Waals surface area contributed by atoms with E-state index < -0.39 is 0 Å². The molecule has 0 saturated heterocycles. The van der Waals surface area contributed by atoms with Crippen molar-refractivity contribution in [3.8, 4) is 17.0 Å². The van der Waals surface area contributed by atoms with E-state index in [1.165, 1.54) is 0 Å². The number of benzene rings is 1. The standard InChI is InChI=1S/C21H25N5O.2ClH/c1-3-26(4-2)15-16-27-19-7-5-18(6-8-19)24-21-23-14-11-20(25-21)17-9-12-22-13-10-17;;/h5-14H,3-4,15-16H2,1-2H3,(H,23,24,25);2*1H. The Labute approximate surface area is 184 Å². The first-order valence-corrected chi connectivity index (χ1v) is 9.24. The molecule has 0 aliphatic carbocycles. The summed E-state index contributed by atoms with van der Waals surface area (Å²) >= 11 is 0. The van der Waals surface area contributed by atoms with Gasteiger partial charge in [-0.2, -0.15) is 0 Å². The highest BCUT2D eigenvalue weighted by Gasteiger charge is 2.04. The first-order valence-electron chi connectivity index (χ1n) is 9.24. The number of hydrogen-bond donors (Lipinski definition) is 1. The van der Waals surface area contributed by atoms with Gasteiger partial charge in [0.1, 0.15) is 12.4 Å². The summed E-state index contributed by atoms with van der Waals surface area (Å²) in [6.45, 7) is 8.03. The van der Waals surface area contributed by atoms with Gasteiger partial charge in [0.2, 0.25) is 5.95 Å². The van der Waals surface area contributed by atoms with Crippen LogP contribution in [0.5, 0.6) is 5.75 Å². The number of rotatable bonds is 9. The van der Waals surface area contributed by atoms with Crippen molar-refractivity contribution in [2.45, 2.75) is 13.8 Å². The fourth-order valence-corrected chi connectivity index (χ4v) is 2.70. The number of hydrogen-bond acceptors (Lipinski definition) is 6. The highest BCUT2D eigenvalue weighted by atomic mass is 35.5. The molecule has 6 nitrogen and oxygen atoms in total. The zero-order valence-corrected chi connectivity index (χ0v) is 18.2. The first kappa shape index (κ1) is 24.6. The van der Waals surface area contributed by atoms with Crippen LogP contribution in [0.1, 0.15) is 13.8 Å². The Balaban J connectivity index is 0.00000210. The lowest BCUT2D eigenvalue weighted by atomic mass is 10.2. The Kier molecular flexibility index (Phi) is 11.0. The van der Waals surface area contributed by atoms with E-state index in [4.69, 9.17) is 4.74 Å². The van der Waals surface area contributed by atoms with E-state index in [0.717, 1.165) is 42.3 Å². The van der Waals surface area contributed by atoms with Gasteiger partial charge in [-0.3, -0.25) is 4.98 Å². The summed E-state index contributed by atoms with van der Waals surface area (Å²) in [7, 11) is 0. The summed E-state index contributed by atoms with van der Waals surface area (Å²) in [6, 6.07) is 13.6. The molecule has 2 aromatic heterocycles. The predicted molar refractivity (Wildman–Crippen MR) is 123 cm³/mol. The fourth-order valence-electron chi connectivity index (χ4n) is 2.70. The average molecular weight is 436 g/mol. The molecule has 0 fully saturated rings. The van der Waals surface area contributed by atoms with Gasteiger partial charge in [-0.05, 0) is 55.6 Å². The maximum absolute atomic E-state index is 5.82. The van der Waals surface area contributed by atoms with Crippen molar-refractivity contribution in [3.63, 3.8) is 0 Å². The molecule has 0 unspecified atom stereocenters. The highest BCUT2D eigenvalue weighted by molar-refractivity contribution is 5.85. The van der Waals surface area contributed by atoms with Gasteiger partial charge in [-0.15, -0.1) is 24.8 Å². The largest absolute Gasteiger partial charge is 0.492 e. The van der Waals surface area contributed by atoms with Crippen LogP contribution in [0.2, 0.25) is 0 Å². The Hall–Kier alpha value is -2.41. The van der Waals surface area contributed by atoms with Crippen LogP contribution in [0.3, 0.4) is 0 Å². The first-order chi connectivity index (χ1) is 13.3. The predicted octanol–water partition coefficient (Wildman–Crippen LogP) is 4.85. The molecule has 0 saturated carbocycles. The van der Waals surface area contributed by atoms with Crippen molar-refractivity contribution in [3.05, 3.63) is 61.1 Å². The normalized spacial score (nSPS) is 10.0. The highest BCUT2D eigenvalue weighted by Crippen LogP contribution is 2.20. The van der Waals surface area contributed by atoms with E-state index >= 15 is 0 Å². The smallest absolute Gasteiger partial charge is 0.227 e. The lowest BCUT2D eigenvalue weighted by Crippen LogP contribution is -2.27. The SMILES string of the molecule is CCN(CC)CCOc1ccc(Nc2nccc(-c3ccncc3)n2)cc1.Cl.Cl. The minimum atomic E-state index is 0. The molecular formula is C21H27Cl2N5O. The lowest BCUT2D eigenvalue weighted by Gasteiger charge is -2.18. The summed E-state index contributed by atoms with van der Waals surface area (Å²) in [4.78, 5) is 15.2. The van der Waals surface area contributed by atoms with Gasteiger partial charge in [-0.25, -0.2) is 9.97 Å². The molecule has 0 atom stereocenters. The number of nitrogens with zero attached hydrogens (tertiary/aromatic N) is 4. The van der Waals surface area contributed by atoms with Crippen molar-refractivity contribution >= 4 is 36.4 Å². The monoisotopic (exact) mass is 435 g/mol. The van der Waals surface area contributed by atoms with Gasteiger partial charge in [-0.1, -0.05) is 13.8 Å². The van der Waals surface area contributed by atoms with Gasteiger partial charge < -0.3 is 15.0 Å². The fraction of sp³-hybridized carbons (Fsp3) is 0.286. The third-order valence-electron chi connectivity index (χ3n) is 4.31. The number of anilines is 2. The number of ether oxygens (including phenoxy) is 1. The molecule has 0 amide bonds. The number of nitrogens with one attached hydrogen (secondary N) is 1. The number of pyridine rings is 1. The van der Waals surface area contributed by atoms with Crippen LogP contribution in [0, 0.1) is 0 Å². The van der Waals surface area contributed by atoms with E-state index in [-0.39, 0.29) is 24.8 Å². The molecule has 0 spiro atoms. The van der Waals surface area contributed by atoms with Crippen molar-refractivity contribution in [2.75, 3.05) is 31.6 Å². The van der Waals surface area contributed by atoms with Crippen molar-refractivity contribution in [1.29, 1.82) is 0 Å². The molecule has 0 aliphatic heterocycles. The molecule has 156 valence electrons. The van der Waals surface area contributed by atoms with Crippen LogP contribution in [0.25, 0.3) is 11.3 Å². The topological polar surface area (TPSA) is 63.2 Å². The zero-order valence-electron chi connectivity index (χ0n) is 16.6. The van der Waals surface area contributed by atoms with E-state index in [1.54, 1.807) is 18.6 Å². The summed E-state index contributed by atoms with van der Waals surface area (Å²) in [5.74, 6) is 1.42. The van der Waals surface area contributed by atoms with Crippen molar-refractivity contribution < 1.29 is 4.74 Å². The zero-order chi connectivity index (χ0) is 18.9. The number of likely N-dealkylation sites (N-methyl/N-ethyl adjacent to an activating group) is 1. The van der Waals surface area contributed by atoms with E-state index in [0.29, 0.717) is 12.6 Å². The number of halogens is 2. The van der Waals surface area contributed by atoms with E-state index in [2.05, 4.69) is 39.0 Å². The Morgan fingerprint density at radius 3 is 2.24 bits per heavy atom. The summed E-state index contributed by atoms with van der Waals surface area (Å²) in [5.41, 5.74) is 2.77. The average Bonchev–Trinajstić information content (AvgIpc) is 2.73. The molecule has 2 heterocycles. The molecule has 0 aliphatic rings. The van der Waals surface area contributed by atoms with Gasteiger partial charge in [0.15, 0.2) is 0 Å². The second kappa shape index (κ2) is 12.9. The Morgan fingerprint density at radius 1 is 0.897 bits per heavy atom. The Bertz CT molecular complexity index is 830. The second-order valence-electron chi connectivity index (χ2n) is 6.03. The molecule has 3 aromatic rings. The third kappa shape index (κ3) is 7.49. The third-order valence-corrected chi connectivity index (χ3v) is 4.31. The van der Waals surface area contributed by atoms with Crippen molar-refractivity contribution in [2.24, 2.45) is 0 Å². The molecule has 1 N–H and O–H groups in total. The van der Waals surface area contributed by atoms with Gasteiger partial charge in [0, 0.05) is 36.4 Å². The minimum Gasteiger partial charge on any atom is -0.492 e. The second-order valence-corrected chi connectivity index (χ2v) is 6.03. The van der Waals surface area contributed by atoms with Crippen LogP contribution in [0.4, 0.5) is 11.6 Å². The van der Waals surface area contributed by atoms with Gasteiger partial charge >= 0.3 is 0 Å². The molecule has 3 rings (SSSR count). The molecular weight excluding hydrogens is 409 g/mol. The van der Waals surface area contributed by atoms with Crippen LogP contribution in [-0.2, 0) is 0 Å². The number of aromatic nitrogens is 3. The molecule has 0 bridgehead atoms. The molecule has 8 heteroatoms. The Morgan fingerprint density at radius 2 is 1.59 bits per heavy atom. The maximum atomic E-state index is 5.82. The van der Waals surface area contributed by atoms with Crippen LogP contribution < -0.4 is 10.1 Å². The van der Waals surface area contributed by atoms with Crippen LogP contribution in [0.15, 0.2) is 61.1 Å². The molecule has 0 radical (unpaired) electrons. The van der Waals surface area contributed by atoms with Crippen molar-refractivity contribution in [1.82, 2.24) is 19.9 Å². The van der Waals surface area contributed by atoms with Crippen LogP contribution in [-0.4, -0.2) is 46.1 Å². The summed E-state index contributed by atoms with van der Waals surface area (Å²) in [6.07, 6.45) is 5.25. The molecule has 29 heavy (non-hydrogen) atoms. The summed E-state index contributed by atoms with van der Waals surface area (Å²) < 4.78 is 5.82. The summed E-state index contributed by atoms with van der Waals surface area (Å²) in [5, 5.41) is 3.23. The lowest BCUT2D eigenvalue weighted by molar-refractivity contribution is 0.223. The molecule has 1 aromatic carbocycles. The van der Waals surface area contributed by atoms with E-state index in [9.17, 15) is 0 Å². The van der Waals surface area contributed by atoms with Gasteiger partial charge in [0.25, 0.3) is 0 Å². The quantitative estimate of drug-likeness (QED) is 0.518. The van der Waals surface area contributed by atoms with E-state index in [1.807, 2.05) is 42.5 Å². The van der Waals surface area contributed by atoms with Crippen LogP contribution >= 0.6 is 24.8 Å². The minimum absolute atomic E-state index is 0.